The Kier molecular flexibility index (Phi) is 4.46. The molecule has 1 fully saturated rings. The van der Waals surface area contributed by atoms with Crippen LogP contribution < -0.4 is 5.32 Å². The molecule has 0 saturated carbocycles. The minimum absolute atomic E-state index is 0.155. The number of anilines is 1. The summed E-state index contributed by atoms with van der Waals surface area (Å²) in [6.45, 7) is 1.54. The van der Waals surface area contributed by atoms with Crippen molar-refractivity contribution in [3.63, 3.8) is 0 Å². The Morgan fingerprint density at radius 3 is 2.95 bits per heavy atom. The van der Waals surface area contributed by atoms with E-state index in [1.54, 1.807) is 24.3 Å². The first-order chi connectivity index (χ1) is 10.6. The van der Waals surface area contributed by atoms with Crippen molar-refractivity contribution >= 4 is 21.5 Å². The lowest BCUT2D eigenvalue weighted by molar-refractivity contribution is 0.136. The SMILES string of the molecule is O=S1(=O)N=C(CN2CCCCC2CCO)Nc2ccccc21. The number of para-hydroxylation sites is 1. The molecule has 0 aromatic heterocycles. The van der Waals surface area contributed by atoms with Crippen LogP contribution >= 0.6 is 0 Å². The number of nitrogens with one attached hydrogen (secondary N) is 1. The Morgan fingerprint density at radius 1 is 1.32 bits per heavy atom. The number of sulfonamides is 1. The van der Waals surface area contributed by atoms with Crippen molar-refractivity contribution in [3.8, 4) is 0 Å². The molecule has 1 unspecified atom stereocenters. The third-order valence-corrected chi connectivity index (χ3v) is 5.61. The highest BCUT2D eigenvalue weighted by atomic mass is 32.2. The van der Waals surface area contributed by atoms with Crippen LogP contribution in [0.2, 0.25) is 0 Å². The molecule has 1 aromatic rings. The van der Waals surface area contributed by atoms with Crippen molar-refractivity contribution in [2.45, 2.75) is 36.6 Å². The number of aliphatic hydroxyl groups excluding tert-OH is 1. The predicted molar refractivity (Wildman–Crippen MR) is 85.6 cm³/mol. The molecule has 0 spiro atoms. The first-order valence-electron chi connectivity index (χ1n) is 7.65. The fourth-order valence-corrected chi connectivity index (χ4v) is 4.31. The molecule has 3 rings (SSSR count). The molecule has 0 amide bonds. The minimum Gasteiger partial charge on any atom is -0.396 e. The van der Waals surface area contributed by atoms with E-state index >= 15 is 0 Å². The summed E-state index contributed by atoms with van der Waals surface area (Å²) >= 11 is 0. The lowest BCUT2D eigenvalue weighted by Gasteiger charge is -2.36. The number of likely N-dealkylation sites (tertiary alicyclic amines) is 1. The summed E-state index contributed by atoms with van der Waals surface area (Å²) in [7, 11) is -3.62. The number of fused-ring (bicyclic) bond motifs is 1. The highest BCUT2D eigenvalue weighted by Crippen LogP contribution is 2.27. The molecular formula is C15H21N3O3S. The van der Waals surface area contributed by atoms with E-state index in [1.165, 1.54) is 0 Å². The molecule has 22 heavy (non-hydrogen) atoms. The zero-order chi connectivity index (χ0) is 15.6. The number of piperidine rings is 1. The van der Waals surface area contributed by atoms with Crippen LogP contribution in [0, 0.1) is 0 Å². The second kappa shape index (κ2) is 6.36. The summed E-state index contributed by atoms with van der Waals surface area (Å²) in [5.74, 6) is 0.462. The number of aliphatic hydroxyl groups is 1. The van der Waals surface area contributed by atoms with Gasteiger partial charge < -0.3 is 10.4 Å². The van der Waals surface area contributed by atoms with Gasteiger partial charge >= 0.3 is 0 Å². The average Bonchev–Trinajstić information content (AvgIpc) is 2.49. The van der Waals surface area contributed by atoms with E-state index in [0.29, 0.717) is 24.1 Å². The average molecular weight is 323 g/mol. The van der Waals surface area contributed by atoms with Crippen molar-refractivity contribution in [1.82, 2.24) is 4.90 Å². The van der Waals surface area contributed by atoms with Gasteiger partial charge in [0.05, 0.1) is 12.2 Å². The number of nitrogens with zero attached hydrogens (tertiary/aromatic N) is 2. The Hall–Kier alpha value is -1.44. The zero-order valence-electron chi connectivity index (χ0n) is 12.4. The van der Waals surface area contributed by atoms with Gasteiger partial charge in [0.15, 0.2) is 0 Å². The smallest absolute Gasteiger partial charge is 0.286 e. The highest BCUT2D eigenvalue weighted by Gasteiger charge is 2.28. The summed E-state index contributed by atoms with van der Waals surface area (Å²) < 4.78 is 28.4. The molecule has 1 atom stereocenters. The van der Waals surface area contributed by atoms with Gasteiger partial charge in [0.2, 0.25) is 0 Å². The maximum atomic E-state index is 12.2. The molecule has 7 heteroatoms. The van der Waals surface area contributed by atoms with Crippen LogP contribution in [-0.4, -0.2) is 50.0 Å². The maximum Gasteiger partial charge on any atom is 0.286 e. The quantitative estimate of drug-likeness (QED) is 0.876. The van der Waals surface area contributed by atoms with E-state index in [-0.39, 0.29) is 11.5 Å². The first kappa shape index (κ1) is 15.5. The normalized spacial score (nSPS) is 24.2. The molecule has 2 aliphatic rings. The van der Waals surface area contributed by atoms with E-state index in [4.69, 9.17) is 0 Å². The molecule has 0 aliphatic carbocycles. The minimum atomic E-state index is -3.62. The summed E-state index contributed by atoms with van der Waals surface area (Å²) in [5.41, 5.74) is 0.586. The van der Waals surface area contributed by atoms with E-state index in [1.807, 2.05) is 0 Å². The van der Waals surface area contributed by atoms with Gasteiger partial charge in [0.1, 0.15) is 10.7 Å². The molecule has 2 heterocycles. The third-order valence-electron chi connectivity index (χ3n) is 4.24. The lowest BCUT2D eigenvalue weighted by Crippen LogP contribution is -2.45. The van der Waals surface area contributed by atoms with E-state index in [0.717, 1.165) is 32.2 Å². The van der Waals surface area contributed by atoms with Crippen LogP contribution in [0.3, 0.4) is 0 Å². The van der Waals surface area contributed by atoms with Gasteiger partial charge in [0.25, 0.3) is 10.0 Å². The number of benzene rings is 1. The molecule has 6 nitrogen and oxygen atoms in total. The van der Waals surface area contributed by atoms with Crippen LogP contribution in [-0.2, 0) is 10.0 Å². The molecule has 0 radical (unpaired) electrons. The van der Waals surface area contributed by atoms with Crippen molar-refractivity contribution in [3.05, 3.63) is 24.3 Å². The van der Waals surface area contributed by atoms with E-state index in [9.17, 15) is 13.5 Å². The topological polar surface area (TPSA) is 82.0 Å². The third kappa shape index (κ3) is 3.16. The number of hydrogen-bond donors (Lipinski definition) is 2. The Morgan fingerprint density at radius 2 is 2.14 bits per heavy atom. The molecule has 1 saturated heterocycles. The van der Waals surface area contributed by atoms with Crippen LogP contribution in [0.25, 0.3) is 0 Å². The van der Waals surface area contributed by atoms with Gasteiger partial charge in [-0.3, -0.25) is 4.90 Å². The summed E-state index contributed by atoms with van der Waals surface area (Å²) in [4.78, 5) is 2.44. The number of rotatable bonds is 4. The summed E-state index contributed by atoms with van der Waals surface area (Å²) in [6.07, 6.45) is 4.01. The van der Waals surface area contributed by atoms with Crippen LogP contribution in [0.5, 0.6) is 0 Å². The number of amidine groups is 1. The first-order valence-corrected chi connectivity index (χ1v) is 9.09. The second-order valence-corrected chi connectivity index (χ2v) is 7.34. The predicted octanol–water partition coefficient (Wildman–Crippen LogP) is 1.44. The van der Waals surface area contributed by atoms with Gasteiger partial charge in [-0.05, 0) is 37.9 Å². The molecule has 1 aromatic carbocycles. The van der Waals surface area contributed by atoms with Crippen LogP contribution in [0.15, 0.2) is 33.6 Å². The zero-order valence-corrected chi connectivity index (χ0v) is 13.2. The molecule has 2 aliphatic heterocycles. The Labute approximate surface area is 130 Å². The van der Waals surface area contributed by atoms with Crippen molar-refractivity contribution < 1.29 is 13.5 Å². The van der Waals surface area contributed by atoms with Gasteiger partial charge in [-0.15, -0.1) is 4.40 Å². The Bertz CT molecular complexity index is 670. The van der Waals surface area contributed by atoms with Crippen molar-refractivity contribution in [2.75, 3.05) is 25.0 Å². The van der Waals surface area contributed by atoms with Gasteiger partial charge in [-0.25, -0.2) is 0 Å². The summed E-state index contributed by atoms with van der Waals surface area (Å²) in [5, 5.41) is 12.3. The Balaban J connectivity index is 1.80. The van der Waals surface area contributed by atoms with E-state index in [2.05, 4.69) is 14.6 Å². The number of hydrogen-bond acceptors (Lipinski definition) is 5. The molecule has 120 valence electrons. The maximum absolute atomic E-state index is 12.2. The van der Waals surface area contributed by atoms with Crippen molar-refractivity contribution in [2.24, 2.45) is 4.40 Å². The lowest BCUT2D eigenvalue weighted by atomic mass is 9.99. The van der Waals surface area contributed by atoms with Gasteiger partial charge in [-0.2, -0.15) is 8.42 Å². The molecule has 0 bridgehead atoms. The van der Waals surface area contributed by atoms with Gasteiger partial charge in [0, 0.05) is 12.6 Å². The molecule has 2 N–H and O–H groups in total. The largest absolute Gasteiger partial charge is 0.396 e. The molecular weight excluding hydrogens is 302 g/mol. The fourth-order valence-electron chi connectivity index (χ4n) is 3.17. The van der Waals surface area contributed by atoms with Crippen LogP contribution in [0.4, 0.5) is 5.69 Å². The fraction of sp³-hybridized carbons (Fsp3) is 0.533. The van der Waals surface area contributed by atoms with Crippen molar-refractivity contribution in [1.29, 1.82) is 0 Å². The van der Waals surface area contributed by atoms with Gasteiger partial charge in [-0.1, -0.05) is 18.6 Å². The summed E-state index contributed by atoms with van der Waals surface area (Å²) in [6, 6.07) is 7.11. The standard InChI is InChI=1S/C15H21N3O3S/c19-10-8-12-5-3-4-9-18(12)11-15-16-13-6-1-2-7-14(13)22(20,21)17-15/h1-2,6-7,12,19H,3-5,8-11H2,(H,16,17). The van der Waals surface area contributed by atoms with E-state index < -0.39 is 10.0 Å². The second-order valence-electron chi connectivity index (χ2n) is 5.77. The van der Waals surface area contributed by atoms with Crippen LogP contribution in [0.1, 0.15) is 25.7 Å². The highest BCUT2D eigenvalue weighted by molar-refractivity contribution is 7.90. The monoisotopic (exact) mass is 323 g/mol.